The molecule has 0 fully saturated rings. The number of hydrogen-bond donors (Lipinski definition) is 0. The molecule has 0 radical (unpaired) electrons. The number of ether oxygens (including phenoxy) is 2. The molecule has 0 bridgehead atoms. The van der Waals surface area contributed by atoms with E-state index in [1.165, 1.54) is 44.5 Å². The molecule has 4 aromatic carbocycles. The molecule has 0 heterocycles. The molecule has 0 aromatic heterocycles. The highest BCUT2D eigenvalue weighted by Gasteiger charge is 2.44. The quantitative estimate of drug-likeness (QED) is 0.353. The first-order valence-corrected chi connectivity index (χ1v) is 11.2. The van der Waals surface area contributed by atoms with Crippen LogP contribution < -0.4 is 9.47 Å². The summed E-state index contributed by atoms with van der Waals surface area (Å²) in [7, 11) is 3.46. The van der Waals surface area contributed by atoms with Gasteiger partial charge in [-0.05, 0) is 68.8 Å². The molecule has 2 aliphatic carbocycles. The number of methoxy groups -OCH3 is 2. The fourth-order valence-corrected chi connectivity index (χ4v) is 5.28. The van der Waals surface area contributed by atoms with Gasteiger partial charge in [0.2, 0.25) is 0 Å². The lowest BCUT2D eigenvalue weighted by Crippen LogP contribution is -2.19. The van der Waals surface area contributed by atoms with Gasteiger partial charge in [-0.3, -0.25) is 0 Å². The van der Waals surface area contributed by atoms with Crippen LogP contribution in [0, 0.1) is 0 Å². The van der Waals surface area contributed by atoms with Crippen LogP contribution in [0.3, 0.4) is 0 Å². The third-order valence-electron chi connectivity index (χ3n) is 6.84. The second-order valence-electron chi connectivity index (χ2n) is 8.54. The Bertz CT molecular complexity index is 1300. The Morgan fingerprint density at radius 1 is 0.515 bits per heavy atom. The molecule has 0 saturated carbocycles. The zero-order valence-corrected chi connectivity index (χ0v) is 18.7. The lowest BCUT2D eigenvalue weighted by molar-refractivity contribution is 0.413. The first kappa shape index (κ1) is 19.6. The Kier molecular flexibility index (Phi) is 4.48. The van der Waals surface area contributed by atoms with E-state index in [9.17, 15) is 0 Å². The van der Waals surface area contributed by atoms with Crippen molar-refractivity contribution in [2.75, 3.05) is 14.2 Å². The van der Waals surface area contributed by atoms with Gasteiger partial charge in [-0.15, -0.1) is 0 Å². The van der Waals surface area contributed by atoms with Gasteiger partial charge >= 0.3 is 0 Å². The summed E-state index contributed by atoms with van der Waals surface area (Å²) in [6.07, 6.45) is 4.83. The van der Waals surface area contributed by atoms with Crippen LogP contribution >= 0.6 is 0 Å². The second-order valence-corrected chi connectivity index (χ2v) is 8.54. The van der Waals surface area contributed by atoms with Crippen molar-refractivity contribution >= 4 is 11.1 Å². The first-order chi connectivity index (χ1) is 16.2. The molecule has 0 aliphatic heterocycles. The van der Waals surface area contributed by atoms with Gasteiger partial charge in [0.05, 0.1) is 19.6 Å². The molecule has 160 valence electrons. The normalized spacial score (nSPS) is 15.0. The van der Waals surface area contributed by atoms with E-state index in [0.29, 0.717) is 0 Å². The Labute approximate surface area is 194 Å². The van der Waals surface area contributed by atoms with E-state index in [-0.39, 0.29) is 0 Å². The first-order valence-electron chi connectivity index (χ1n) is 11.2. The van der Waals surface area contributed by atoms with Gasteiger partial charge < -0.3 is 9.47 Å². The summed E-state index contributed by atoms with van der Waals surface area (Å²) >= 11 is 0. The van der Waals surface area contributed by atoms with Crippen LogP contribution in [0.1, 0.15) is 33.4 Å². The summed E-state index contributed by atoms with van der Waals surface area (Å²) in [5, 5.41) is 0. The maximum Gasteiger partial charge on any atom is 0.119 e. The zero-order chi connectivity index (χ0) is 22.4. The Balaban J connectivity index is 1.69. The lowest BCUT2D eigenvalue weighted by atomic mass is 9.78. The minimum absolute atomic E-state index is 0.399. The Morgan fingerprint density at radius 3 is 1.33 bits per heavy atom. The maximum atomic E-state index is 5.66. The van der Waals surface area contributed by atoms with Crippen molar-refractivity contribution in [2.24, 2.45) is 0 Å². The average Bonchev–Trinajstić information content (AvgIpc) is 3.40. The SMILES string of the molecule is COc1ccc2c(c1)C1(C=C2c2ccccc2)C=C(c2ccccc2)c2ccc(OC)cc21. The van der Waals surface area contributed by atoms with E-state index in [4.69, 9.17) is 9.47 Å². The van der Waals surface area contributed by atoms with Crippen molar-refractivity contribution in [3.63, 3.8) is 0 Å². The fourth-order valence-electron chi connectivity index (χ4n) is 5.28. The highest BCUT2D eigenvalue weighted by molar-refractivity contribution is 5.96. The van der Waals surface area contributed by atoms with Gasteiger partial charge in [0.15, 0.2) is 0 Å². The third kappa shape index (κ3) is 2.95. The van der Waals surface area contributed by atoms with Crippen molar-refractivity contribution < 1.29 is 9.47 Å². The summed E-state index contributed by atoms with van der Waals surface area (Å²) in [4.78, 5) is 0. The van der Waals surface area contributed by atoms with Crippen molar-refractivity contribution in [2.45, 2.75) is 5.41 Å². The number of rotatable bonds is 4. The molecule has 2 heteroatoms. The van der Waals surface area contributed by atoms with E-state index in [1.54, 1.807) is 14.2 Å². The molecule has 4 aromatic rings. The molecular formula is C31H24O2. The summed E-state index contributed by atoms with van der Waals surface area (Å²) in [5.41, 5.74) is 9.47. The van der Waals surface area contributed by atoms with Crippen LogP contribution in [0.25, 0.3) is 11.1 Å². The minimum atomic E-state index is -0.399. The smallest absolute Gasteiger partial charge is 0.119 e. The Hall–Kier alpha value is -4.04. The van der Waals surface area contributed by atoms with E-state index in [1.807, 2.05) is 0 Å². The molecule has 2 nitrogen and oxygen atoms in total. The predicted molar refractivity (Wildman–Crippen MR) is 134 cm³/mol. The maximum absolute atomic E-state index is 5.66. The molecule has 0 amide bonds. The van der Waals surface area contributed by atoms with Crippen LogP contribution in [0.4, 0.5) is 0 Å². The van der Waals surface area contributed by atoms with Gasteiger partial charge in [0.25, 0.3) is 0 Å². The monoisotopic (exact) mass is 428 g/mol. The van der Waals surface area contributed by atoms with E-state index in [0.717, 1.165) is 11.5 Å². The lowest BCUT2D eigenvalue weighted by Gasteiger charge is -2.24. The van der Waals surface area contributed by atoms with Crippen molar-refractivity contribution in [1.82, 2.24) is 0 Å². The third-order valence-corrected chi connectivity index (χ3v) is 6.84. The number of allylic oxidation sites excluding steroid dienone is 2. The standard InChI is InChI=1S/C31H24O2/c1-32-23-13-15-25-27(21-9-5-3-6-10-21)19-31(29(25)17-23)20-28(22-11-7-4-8-12-22)26-16-14-24(33-2)18-30(26)31/h3-20H,1-2H3. The molecular weight excluding hydrogens is 404 g/mol. The average molecular weight is 429 g/mol. The summed E-state index contributed by atoms with van der Waals surface area (Å²) in [6, 6.07) is 34.1. The van der Waals surface area contributed by atoms with Crippen LogP contribution in [0.15, 0.2) is 109 Å². The molecule has 0 unspecified atom stereocenters. The van der Waals surface area contributed by atoms with Gasteiger partial charge in [0, 0.05) is 0 Å². The molecule has 33 heavy (non-hydrogen) atoms. The van der Waals surface area contributed by atoms with Crippen molar-refractivity contribution in [3.05, 3.63) is 143 Å². The zero-order valence-electron chi connectivity index (χ0n) is 18.7. The molecule has 0 saturated heterocycles. The molecule has 0 atom stereocenters. The number of benzene rings is 4. The summed E-state index contributed by atoms with van der Waals surface area (Å²) in [5.74, 6) is 1.73. The summed E-state index contributed by atoms with van der Waals surface area (Å²) < 4.78 is 11.3. The highest BCUT2D eigenvalue weighted by Crippen LogP contribution is 2.56. The summed E-state index contributed by atoms with van der Waals surface area (Å²) in [6.45, 7) is 0. The largest absolute Gasteiger partial charge is 0.497 e. The molecule has 0 N–H and O–H groups in total. The Morgan fingerprint density at radius 2 is 0.939 bits per heavy atom. The predicted octanol–water partition coefficient (Wildman–Crippen LogP) is 6.88. The van der Waals surface area contributed by atoms with Crippen molar-refractivity contribution in [3.8, 4) is 11.5 Å². The van der Waals surface area contributed by atoms with E-state index in [2.05, 4.69) is 109 Å². The molecule has 2 aliphatic rings. The van der Waals surface area contributed by atoms with Crippen LogP contribution in [0.5, 0.6) is 11.5 Å². The van der Waals surface area contributed by atoms with Crippen LogP contribution in [-0.2, 0) is 5.41 Å². The second kappa shape index (κ2) is 7.53. The molecule has 6 rings (SSSR count). The molecule has 1 spiro atoms. The highest BCUT2D eigenvalue weighted by atomic mass is 16.5. The minimum Gasteiger partial charge on any atom is -0.497 e. The van der Waals surface area contributed by atoms with Crippen molar-refractivity contribution in [1.29, 1.82) is 0 Å². The van der Waals surface area contributed by atoms with E-state index < -0.39 is 5.41 Å². The number of fused-ring (bicyclic) bond motifs is 4. The number of hydrogen-bond acceptors (Lipinski definition) is 2. The fraction of sp³-hybridized carbons (Fsp3) is 0.0968. The van der Waals surface area contributed by atoms with Crippen LogP contribution in [0.2, 0.25) is 0 Å². The van der Waals surface area contributed by atoms with Gasteiger partial charge in [-0.2, -0.15) is 0 Å². The van der Waals surface area contributed by atoms with Gasteiger partial charge in [0.1, 0.15) is 11.5 Å². The van der Waals surface area contributed by atoms with E-state index >= 15 is 0 Å². The topological polar surface area (TPSA) is 18.5 Å². The van der Waals surface area contributed by atoms with Gasteiger partial charge in [-0.25, -0.2) is 0 Å². The van der Waals surface area contributed by atoms with Crippen LogP contribution in [-0.4, -0.2) is 14.2 Å². The van der Waals surface area contributed by atoms with Gasteiger partial charge in [-0.1, -0.05) is 84.9 Å².